The molecule has 1 heterocycles. The van der Waals surface area contributed by atoms with E-state index >= 15 is 0 Å². The van der Waals surface area contributed by atoms with Gasteiger partial charge in [-0.05, 0) is 45.4 Å². The molecule has 1 aromatic carbocycles. The summed E-state index contributed by atoms with van der Waals surface area (Å²) in [6.45, 7) is 6.48. The van der Waals surface area contributed by atoms with Crippen LogP contribution in [-0.4, -0.2) is 30.1 Å². The maximum atomic E-state index is 13.9. The molecule has 0 radical (unpaired) electrons. The molecule has 6 nitrogen and oxygen atoms in total. The van der Waals surface area contributed by atoms with Gasteiger partial charge in [-0.15, -0.1) is 11.3 Å². The molecule has 0 bridgehead atoms. The maximum Gasteiger partial charge on any atom is 0.349 e. The van der Waals surface area contributed by atoms with Crippen molar-refractivity contribution in [3.8, 4) is 0 Å². The number of amides is 3. The third kappa shape index (κ3) is 4.33. The summed E-state index contributed by atoms with van der Waals surface area (Å²) in [5, 5.41) is 4.96. The van der Waals surface area contributed by atoms with E-state index in [1.807, 2.05) is 0 Å². The molecule has 134 valence electrons. The van der Waals surface area contributed by atoms with Gasteiger partial charge in [-0.25, -0.2) is 14.0 Å². The van der Waals surface area contributed by atoms with Crippen LogP contribution in [0.4, 0.5) is 9.18 Å². The summed E-state index contributed by atoms with van der Waals surface area (Å²) in [5.41, 5.74) is 0.466. The van der Waals surface area contributed by atoms with Crippen LogP contribution in [0.5, 0.6) is 0 Å². The number of carbonyl (C=O) groups is 3. The number of halogens is 1. The minimum atomic E-state index is -1.17. The van der Waals surface area contributed by atoms with Gasteiger partial charge in [0, 0.05) is 16.1 Å². The molecule has 2 rings (SSSR count). The number of rotatable bonds is 4. The second-order valence-corrected chi connectivity index (χ2v) is 6.89. The quantitative estimate of drug-likeness (QED) is 0.814. The zero-order valence-electron chi connectivity index (χ0n) is 14.3. The Morgan fingerprint density at radius 1 is 1.20 bits per heavy atom. The normalized spacial score (nSPS) is 12.1. The zero-order chi connectivity index (χ0) is 18.7. The number of carbonyl (C=O) groups excluding carboxylic acids is 3. The Kier molecular flexibility index (Phi) is 5.73. The van der Waals surface area contributed by atoms with E-state index in [1.54, 1.807) is 32.9 Å². The molecule has 8 heteroatoms. The van der Waals surface area contributed by atoms with Crippen LogP contribution >= 0.6 is 11.3 Å². The first kappa shape index (κ1) is 18.9. The number of thiophene rings is 1. The van der Waals surface area contributed by atoms with Crippen LogP contribution in [-0.2, 0) is 9.53 Å². The van der Waals surface area contributed by atoms with E-state index < -0.39 is 29.8 Å². The Labute approximate surface area is 148 Å². The van der Waals surface area contributed by atoms with E-state index in [0.717, 1.165) is 11.3 Å². The van der Waals surface area contributed by atoms with Crippen LogP contribution in [0.3, 0.4) is 0 Å². The summed E-state index contributed by atoms with van der Waals surface area (Å²) in [7, 11) is 0. The molecule has 0 unspecified atom stereocenters. The fraction of sp³-hybridized carbons (Fsp3) is 0.353. The number of hydrogen-bond donors (Lipinski definition) is 2. The molecule has 1 aromatic heterocycles. The average Bonchev–Trinajstić information content (AvgIpc) is 2.84. The number of aryl methyl sites for hydroxylation is 1. The molecular formula is C17H19FN2O4S. The van der Waals surface area contributed by atoms with Gasteiger partial charge >= 0.3 is 12.0 Å². The fourth-order valence-corrected chi connectivity index (χ4v) is 3.33. The van der Waals surface area contributed by atoms with Gasteiger partial charge in [-0.3, -0.25) is 10.1 Å². The van der Waals surface area contributed by atoms with Gasteiger partial charge in [-0.1, -0.05) is 6.07 Å². The van der Waals surface area contributed by atoms with Crippen molar-refractivity contribution in [2.75, 3.05) is 0 Å². The lowest BCUT2D eigenvalue weighted by Crippen LogP contribution is -2.46. The predicted molar refractivity (Wildman–Crippen MR) is 93.2 cm³/mol. The summed E-state index contributed by atoms with van der Waals surface area (Å²) in [6.07, 6.45) is -1.17. The topological polar surface area (TPSA) is 84.5 Å². The van der Waals surface area contributed by atoms with E-state index in [4.69, 9.17) is 4.74 Å². The second kappa shape index (κ2) is 7.60. The first-order chi connectivity index (χ1) is 11.7. The number of hydrogen-bond acceptors (Lipinski definition) is 5. The lowest BCUT2D eigenvalue weighted by atomic mass is 10.1. The Hall–Kier alpha value is -2.48. The van der Waals surface area contributed by atoms with E-state index in [9.17, 15) is 18.8 Å². The molecule has 3 amide bonds. The van der Waals surface area contributed by atoms with E-state index in [-0.39, 0.29) is 10.9 Å². The fourth-order valence-electron chi connectivity index (χ4n) is 2.23. The first-order valence-electron chi connectivity index (χ1n) is 7.70. The van der Waals surface area contributed by atoms with Crippen molar-refractivity contribution in [3.63, 3.8) is 0 Å². The number of ether oxygens (including phenoxy) is 1. The van der Waals surface area contributed by atoms with Crippen molar-refractivity contribution in [2.24, 2.45) is 0 Å². The standard InChI is InChI=1S/C17H19FN2O4S/c1-8(2)19-17(23)20-15(21)10(4)24-16(22)14-9(3)13-11(18)6-5-7-12(13)25-14/h5-8,10H,1-4H3,(H2,19,20,21,23)/t10-/m0/s1. The van der Waals surface area contributed by atoms with Crippen molar-refractivity contribution >= 4 is 39.3 Å². The van der Waals surface area contributed by atoms with Crippen LogP contribution in [0, 0.1) is 12.7 Å². The third-order valence-electron chi connectivity index (χ3n) is 3.40. The Morgan fingerprint density at radius 3 is 2.48 bits per heavy atom. The average molecular weight is 366 g/mol. The molecule has 1 atom stereocenters. The molecule has 0 saturated carbocycles. The molecule has 0 saturated heterocycles. The molecule has 25 heavy (non-hydrogen) atoms. The summed E-state index contributed by atoms with van der Waals surface area (Å²) in [5.74, 6) is -1.89. The van der Waals surface area contributed by atoms with E-state index in [2.05, 4.69) is 10.6 Å². The monoisotopic (exact) mass is 366 g/mol. The van der Waals surface area contributed by atoms with Gasteiger partial charge in [0.2, 0.25) is 0 Å². The highest BCUT2D eigenvalue weighted by molar-refractivity contribution is 7.21. The molecule has 0 spiro atoms. The van der Waals surface area contributed by atoms with Crippen LogP contribution in [0.15, 0.2) is 18.2 Å². The Morgan fingerprint density at radius 2 is 1.88 bits per heavy atom. The van der Waals surface area contributed by atoms with Crippen molar-refractivity contribution in [1.82, 2.24) is 10.6 Å². The number of esters is 1. The van der Waals surface area contributed by atoms with Crippen LogP contribution in [0.1, 0.15) is 36.0 Å². The van der Waals surface area contributed by atoms with Gasteiger partial charge in [0.1, 0.15) is 10.7 Å². The predicted octanol–water partition coefficient (Wildman–Crippen LogP) is 3.13. The Balaban J connectivity index is 2.09. The molecular weight excluding hydrogens is 347 g/mol. The highest BCUT2D eigenvalue weighted by atomic mass is 32.1. The number of urea groups is 1. The summed E-state index contributed by atoms with van der Waals surface area (Å²) < 4.78 is 19.6. The van der Waals surface area contributed by atoms with Gasteiger partial charge in [0.15, 0.2) is 6.10 Å². The van der Waals surface area contributed by atoms with Gasteiger partial charge in [-0.2, -0.15) is 0 Å². The number of fused-ring (bicyclic) bond motifs is 1. The number of benzene rings is 1. The van der Waals surface area contributed by atoms with Crippen molar-refractivity contribution in [1.29, 1.82) is 0 Å². The van der Waals surface area contributed by atoms with Crippen molar-refractivity contribution in [2.45, 2.75) is 39.8 Å². The van der Waals surface area contributed by atoms with Gasteiger partial charge < -0.3 is 10.1 Å². The molecule has 2 aromatic rings. The van der Waals surface area contributed by atoms with Crippen LogP contribution < -0.4 is 10.6 Å². The largest absolute Gasteiger partial charge is 0.448 e. The number of nitrogens with one attached hydrogen (secondary N) is 2. The highest BCUT2D eigenvalue weighted by Gasteiger charge is 2.24. The maximum absolute atomic E-state index is 13.9. The van der Waals surface area contributed by atoms with Gasteiger partial charge in [0.25, 0.3) is 5.91 Å². The molecule has 0 aliphatic carbocycles. The van der Waals surface area contributed by atoms with Crippen LogP contribution in [0.25, 0.3) is 10.1 Å². The highest BCUT2D eigenvalue weighted by Crippen LogP contribution is 2.33. The van der Waals surface area contributed by atoms with Crippen molar-refractivity contribution in [3.05, 3.63) is 34.5 Å². The number of imide groups is 1. The van der Waals surface area contributed by atoms with Crippen LogP contribution in [0.2, 0.25) is 0 Å². The SMILES string of the molecule is Cc1c(C(=O)O[C@@H](C)C(=O)NC(=O)NC(C)C)sc2cccc(F)c12. The molecule has 0 fully saturated rings. The molecule has 2 N–H and O–H groups in total. The zero-order valence-corrected chi connectivity index (χ0v) is 15.1. The summed E-state index contributed by atoms with van der Waals surface area (Å²) >= 11 is 1.10. The molecule has 0 aliphatic heterocycles. The summed E-state index contributed by atoms with van der Waals surface area (Å²) in [4.78, 5) is 36.0. The lowest BCUT2D eigenvalue weighted by molar-refractivity contribution is -0.127. The second-order valence-electron chi connectivity index (χ2n) is 5.83. The lowest BCUT2D eigenvalue weighted by Gasteiger charge is -2.14. The van der Waals surface area contributed by atoms with E-state index in [0.29, 0.717) is 15.6 Å². The summed E-state index contributed by atoms with van der Waals surface area (Å²) in [6, 6.07) is 3.79. The van der Waals surface area contributed by atoms with Crippen molar-refractivity contribution < 1.29 is 23.5 Å². The minimum Gasteiger partial charge on any atom is -0.448 e. The van der Waals surface area contributed by atoms with Gasteiger partial charge in [0.05, 0.1) is 0 Å². The first-order valence-corrected chi connectivity index (χ1v) is 8.52. The Bertz CT molecular complexity index is 831. The third-order valence-corrected chi connectivity index (χ3v) is 4.64. The minimum absolute atomic E-state index is 0.137. The van der Waals surface area contributed by atoms with E-state index in [1.165, 1.54) is 13.0 Å². The molecule has 0 aliphatic rings. The smallest absolute Gasteiger partial charge is 0.349 e.